The Labute approximate surface area is 644 Å². The standard InChI is InChI=1S/C47H62N2O9.C40H56N2O9/c1-5-49(41-17-20-52-21-18-41)45-33-40(39-11-13-42(14-12-39)57-30-29-56-28-27-55-26-25-54-24-23-53-22-19-50)32-44(37(45)4)46(51)16-15-43-35(2)31-36(3)48-47(43)58-34-38-9-7-6-8-10-38;1-5-42(34-12-15-46-16-13-34)38-28-33(27-37(31(38)4)39(44)11-10-36-29(2)26-30(3)41-40(36)45)32-6-8-35(9-7-32)51-25-24-50-23-22-49-21-20-48-19-18-47-17-14-43/h6-14,31-33,41,50H,5,15-30,34H2,1-4H3;6-9,26-28,34,43H,5,10-25H2,1-4H3,(H,41,45). The second kappa shape index (κ2) is 48.7. The third-order valence-electron chi connectivity index (χ3n) is 19.3. The molecule has 0 radical (unpaired) electrons. The van der Waals surface area contributed by atoms with Crippen LogP contribution in [0.25, 0.3) is 22.3 Å². The Morgan fingerprint density at radius 2 is 0.844 bits per heavy atom. The minimum absolute atomic E-state index is 0.0125. The van der Waals surface area contributed by atoms with Gasteiger partial charge in [-0.15, -0.1) is 0 Å². The number of nitrogens with one attached hydrogen (secondary N) is 1. The van der Waals surface area contributed by atoms with Crippen molar-refractivity contribution in [3.63, 3.8) is 0 Å². The third kappa shape index (κ3) is 28.7. The van der Waals surface area contributed by atoms with E-state index in [1.54, 1.807) is 0 Å². The van der Waals surface area contributed by atoms with Crippen molar-refractivity contribution < 1.29 is 81.4 Å². The molecule has 2 aliphatic rings. The van der Waals surface area contributed by atoms with E-state index in [1.807, 2.05) is 107 Å². The number of rotatable bonds is 49. The fraction of sp³-hybridized carbons (Fsp3) is 0.517. The fourth-order valence-electron chi connectivity index (χ4n) is 13.6. The first-order valence-electron chi connectivity index (χ1n) is 38.9. The molecule has 0 atom stereocenters. The number of anilines is 2. The molecule has 0 saturated carbocycles. The fourth-order valence-corrected chi connectivity index (χ4v) is 13.6. The molecule has 594 valence electrons. The van der Waals surface area contributed by atoms with Gasteiger partial charge in [0.25, 0.3) is 5.56 Å². The summed E-state index contributed by atoms with van der Waals surface area (Å²) in [6, 6.07) is 39.2. The number of hydrogen-bond acceptors (Lipinski definition) is 21. The van der Waals surface area contributed by atoms with E-state index < -0.39 is 0 Å². The molecule has 3 N–H and O–H groups in total. The van der Waals surface area contributed by atoms with Gasteiger partial charge in [-0.1, -0.05) is 54.6 Å². The van der Waals surface area contributed by atoms with Gasteiger partial charge in [0, 0.05) is 109 Å². The Balaban J connectivity index is 0.000000277. The predicted molar refractivity (Wildman–Crippen MR) is 425 cm³/mol. The normalized spacial score (nSPS) is 13.3. The number of aliphatic hydroxyl groups is 2. The number of carbonyl (C=O) groups is 2. The Morgan fingerprint density at radius 3 is 1.24 bits per heavy atom. The quantitative estimate of drug-likeness (QED) is 0.0237. The van der Waals surface area contributed by atoms with Crippen LogP contribution < -0.4 is 29.6 Å². The number of aromatic nitrogens is 2. The van der Waals surface area contributed by atoms with E-state index >= 15 is 0 Å². The van der Waals surface area contributed by atoms with Crippen LogP contribution in [0, 0.1) is 41.5 Å². The molecule has 9 rings (SSSR count). The number of pyridine rings is 2. The van der Waals surface area contributed by atoms with Crippen molar-refractivity contribution in [2.45, 2.75) is 125 Å². The molecule has 5 aromatic carbocycles. The van der Waals surface area contributed by atoms with Crippen LogP contribution in [0.3, 0.4) is 0 Å². The SMILES string of the molecule is CCN(c1cc(-c2ccc(OCCOCCOCCOCCOCCO)cc2)cc(C(=O)CCc2c(C)cc(C)[nH]c2=O)c1C)C1CCOCC1.CCN(c1cc(-c2ccc(OCCOCCOCCOCCOCCO)cc2)cc(C(=O)CCc2c(C)cc(C)nc2OCc2ccccc2)c1C)C1CCOCC1. The van der Waals surface area contributed by atoms with Crippen LogP contribution in [0.2, 0.25) is 0 Å². The molecular formula is C87H118N4O18. The second-order valence-electron chi connectivity index (χ2n) is 27.1. The Kier molecular flexibility index (Phi) is 38.7. The summed E-state index contributed by atoms with van der Waals surface area (Å²) >= 11 is 0. The summed E-state index contributed by atoms with van der Waals surface area (Å²) in [5.41, 5.74) is 15.8. The van der Waals surface area contributed by atoms with E-state index in [0.717, 1.165) is 161 Å². The first kappa shape index (κ1) is 86.7. The largest absolute Gasteiger partial charge is 0.491 e. The number of H-pyrrole nitrogens is 1. The van der Waals surface area contributed by atoms with Gasteiger partial charge in [-0.3, -0.25) is 14.4 Å². The minimum Gasteiger partial charge on any atom is -0.491 e. The van der Waals surface area contributed by atoms with Crippen molar-refractivity contribution in [1.29, 1.82) is 0 Å². The van der Waals surface area contributed by atoms with Gasteiger partial charge in [0.05, 0.1) is 119 Å². The summed E-state index contributed by atoms with van der Waals surface area (Å²) < 4.78 is 73.0. The minimum atomic E-state index is -0.123. The maximum Gasteiger partial charge on any atom is 0.251 e. The number of aromatic amines is 1. The maximum absolute atomic E-state index is 14.3. The zero-order valence-corrected chi connectivity index (χ0v) is 65.6. The topological polar surface area (TPSA) is 247 Å². The number of hydrogen-bond donors (Lipinski definition) is 3. The molecule has 0 spiro atoms. The highest BCUT2D eigenvalue weighted by atomic mass is 16.6. The van der Waals surface area contributed by atoms with Crippen molar-refractivity contribution in [2.24, 2.45) is 0 Å². The molecule has 7 aromatic rings. The van der Waals surface area contributed by atoms with Crippen LogP contribution >= 0.6 is 0 Å². The van der Waals surface area contributed by atoms with Crippen molar-refractivity contribution >= 4 is 22.9 Å². The van der Waals surface area contributed by atoms with Crippen molar-refractivity contribution in [3.8, 4) is 39.6 Å². The average molecular weight is 1510 g/mol. The average Bonchev–Trinajstić information content (AvgIpc) is 0.805. The first-order valence-corrected chi connectivity index (χ1v) is 38.9. The Hall–Kier alpha value is -7.94. The van der Waals surface area contributed by atoms with Gasteiger partial charge >= 0.3 is 0 Å². The van der Waals surface area contributed by atoms with Crippen molar-refractivity contribution in [2.75, 3.05) is 181 Å². The van der Waals surface area contributed by atoms with Crippen LogP contribution in [-0.4, -0.2) is 215 Å². The zero-order valence-electron chi connectivity index (χ0n) is 65.6. The van der Waals surface area contributed by atoms with Crippen LogP contribution in [0.15, 0.2) is 120 Å². The highest BCUT2D eigenvalue weighted by Crippen LogP contribution is 2.38. The molecule has 0 bridgehead atoms. The van der Waals surface area contributed by atoms with Gasteiger partial charge in [0.15, 0.2) is 11.6 Å². The van der Waals surface area contributed by atoms with Crippen molar-refractivity contribution in [1.82, 2.24) is 9.97 Å². The molecular weight excluding hydrogens is 1390 g/mol. The van der Waals surface area contributed by atoms with Gasteiger partial charge < -0.3 is 86.6 Å². The van der Waals surface area contributed by atoms with E-state index in [1.165, 1.54) is 0 Å². The lowest BCUT2D eigenvalue weighted by molar-refractivity contribution is -0.00779. The lowest BCUT2D eigenvalue weighted by atomic mass is 9.91. The Morgan fingerprint density at radius 1 is 0.459 bits per heavy atom. The monoisotopic (exact) mass is 1510 g/mol. The number of carbonyl (C=O) groups excluding carboxylic acids is 2. The number of nitrogens with zero attached hydrogens (tertiary/aromatic N) is 3. The smallest absolute Gasteiger partial charge is 0.251 e. The van der Waals surface area contributed by atoms with E-state index in [0.29, 0.717) is 174 Å². The van der Waals surface area contributed by atoms with Gasteiger partial charge in [-0.25, -0.2) is 4.98 Å². The summed E-state index contributed by atoms with van der Waals surface area (Å²) in [6.07, 6.45) is 5.28. The zero-order chi connectivity index (χ0) is 77.4. The molecule has 22 heteroatoms. The summed E-state index contributed by atoms with van der Waals surface area (Å²) in [6.45, 7) is 29.3. The van der Waals surface area contributed by atoms with Crippen LogP contribution in [0.1, 0.15) is 123 Å². The van der Waals surface area contributed by atoms with E-state index in [2.05, 4.69) is 78.9 Å². The van der Waals surface area contributed by atoms with E-state index in [9.17, 15) is 14.4 Å². The van der Waals surface area contributed by atoms with Gasteiger partial charge in [-0.05, 0) is 205 Å². The summed E-state index contributed by atoms with van der Waals surface area (Å²) in [5.74, 6) is 2.19. The van der Waals surface area contributed by atoms with Crippen LogP contribution in [-0.2, 0) is 66.8 Å². The van der Waals surface area contributed by atoms with Crippen LogP contribution in [0.5, 0.6) is 17.4 Å². The predicted octanol–water partition coefficient (Wildman–Crippen LogP) is 12.7. The highest BCUT2D eigenvalue weighted by Gasteiger charge is 2.28. The number of ketones is 2. The van der Waals surface area contributed by atoms with Gasteiger partial charge in [0.1, 0.15) is 31.3 Å². The summed E-state index contributed by atoms with van der Waals surface area (Å²) in [4.78, 5) is 53.4. The molecule has 2 aliphatic heterocycles. The van der Waals surface area contributed by atoms with Crippen LogP contribution in [0.4, 0.5) is 11.4 Å². The molecule has 2 fully saturated rings. The van der Waals surface area contributed by atoms with Crippen molar-refractivity contribution in [3.05, 3.63) is 187 Å². The molecule has 0 unspecified atom stereocenters. The first-order chi connectivity index (χ1) is 53.2. The van der Waals surface area contributed by atoms with Gasteiger partial charge in [-0.2, -0.15) is 0 Å². The number of benzene rings is 5. The molecule has 22 nitrogen and oxygen atoms in total. The number of Topliss-reactive ketones (excluding diaryl/α,β-unsaturated/α-hetero) is 2. The summed E-state index contributed by atoms with van der Waals surface area (Å²) in [5, 5.41) is 17.4. The Bertz CT molecular complexity index is 3860. The number of aliphatic hydroxyl groups excluding tert-OH is 2. The second-order valence-corrected chi connectivity index (χ2v) is 27.1. The molecule has 0 aliphatic carbocycles. The molecule has 2 aromatic heterocycles. The van der Waals surface area contributed by atoms with E-state index in [-0.39, 0.29) is 36.8 Å². The lowest BCUT2D eigenvalue weighted by Gasteiger charge is -2.37. The third-order valence-corrected chi connectivity index (χ3v) is 19.3. The van der Waals surface area contributed by atoms with E-state index in [4.69, 9.17) is 76.8 Å². The summed E-state index contributed by atoms with van der Waals surface area (Å²) in [7, 11) is 0. The van der Waals surface area contributed by atoms with Gasteiger partial charge in [0.2, 0.25) is 5.88 Å². The number of aryl methyl sites for hydroxylation is 4. The molecule has 0 amide bonds. The maximum atomic E-state index is 14.3. The molecule has 4 heterocycles. The molecule has 2 saturated heterocycles. The molecule has 109 heavy (non-hydrogen) atoms. The highest BCUT2D eigenvalue weighted by molar-refractivity contribution is 6.01. The number of ether oxygens (including phenoxy) is 13. The lowest BCUT2D eigenvalue weighted by Crippen LogP contribution is -2.40.